The van der Waals surface area contributed by atoms with Crippen molar-refractivity contribution in [2.24, 2.45) is 0 Å². The molecule has 84 valence electrons. The first-order valence-electron chi connectivity index (χ1n) is 6.21. The molecule has 2 heterocycles. The first-order chi connectivity index (χ1) is 6.79. The van der Waals surface area contributed by atoms with Crippen LogP contribution in [0.1, 0.15) is 45.4 Å². The lowest BCUT2D eigenvalue weighted by Crippen LogP contribution is -2.30. The molecule has 2 aliphatic rings. The van der Waals surface area contributed by atoms with Gasteiger partial charge < -0.3 is 10.2 Å². The van der Waals surface area contributed by atoms with E-state index in [4.69, 9.17) is 0 Å². The Morgan fingerprint density at radius 3 is 2.00 bits per heavy atom. The van der Waals surface area contributed by atoms with Crippen LogP contribution in [0.3, 0.4) is 0 Å². The van der Waals surface area contributed by atoms with Crippen molar-refractivity contribution in [1.82, 2.24) is 10.2 Å². The largest absolute Gasteiger partial charge is 0.314 e. The highest BCUT2D eigenvalue weighted by Gasteiger charge is 2.04. The van der Waals surface area contributed by atoms with E-state index in [1.807, 2.05) is 0 Å². The van der Waals surface area contributed by atoms with E-state index in [0.29, 0.717) is 0 Å². The molecule has 0 spiro atoms. The lowest BCUT2D eigenvalue weighted by molar-refractivity contribution is 0.277. The van der Waals surface area contributed by atoms with Crippen molar-refractivity contribution in [3.05, 3.63) is 0 Å². The molecular weight excluding hydrogens is 172 g/mol. The summed E-state index contributed by atoms with van der Waals surface area (Å²) < 4.78 is 0. The summed E-state index contributed by atoms with van der Waals surface area (Å²) in [6, 6.07) is 0.786. The highest BCUT2D eigenvalue weighted by molar-refractivity contribution is 4.65. The Balaban J connectivity index is 0.000000140. The Hall–Kier alpha value is -0.0800. The van der Waals surface area contributed by atoms with Crippen LogP contribution in [0.4, 0.5) is 0 Å². The van der Waals surface area contributed by atoms with E-state index in [9.17, 15) is 0 Å². The molecule has 2 aliphatic heterocycles. The maximum atomic E-state index is 3.38. The van der Waals surface area contributed by atoms with Gasteiger partial charge in [0.25, 0.3) is 0 Å². The van der Waals surface area contributed by atoms with E-state index in [-0.39, 0.29) is 0 Å². The van der Waals surface area contributed by atoms with Gasteiger partial charge in [0.2, 0.25) is 0 Å². The monoisotopic (exact) mass is 198 g/mol. The second kappa shape index (κ2) is 7.24. The van der Waals surface area contributed by atoms with Gasteiger partial charge in [0, 0.05) is 6.04 Å². The fourth-order valence-corrected chi connectivity index (χ4v) is 2.08. The van der Waals surface area contributed by atoms with E-state index < -0.39 is 0 Å². The third kappa shape index (κ3) is 5.61. The number of rotatable bonds is 0. The van der Waals surface area contributed by atoms with Crippen molar-refractivity contribution in [2.45, 2.75) is 51.5 Å². The summed E-state index contributed by atoms with van der Waals surface area (Å²) >= 11 is 0. The fourth-order valence-electron chi connectivity index (χ4n) is 2.08. The van der Waals surface area contributed by atoms with Crippen LogP contribution in [0.2, 0.25) is 0 Å². The molecule has 1 atom stereocenters. The smallest absolute Gasteiger partial charge is 0.00387 e. The van der Waals surface area contributed by atoms with Crippen LogP contribution >= 0.6 is 0 Å². The number of nitrogens with one attached hydrogen (secondary N) is 1. The molecule has 2 saturated heterocycles. The number of piperidine rings is 2. The van der Waals surface area contributed by atoms with Gasteiger partial charge in [0.15, 0.2) is 0 Å². The van der Waals surface area contributed by atoms with Crippen molar-refractivity contribution >= 4 is 0 Å². The molecule has 0 radical (unpaired) electrons. The zero-order chi connectivity index (χ0) is 10.2. The third-order valence-corrected chi connectivity index (χ3v) is 3.14. The third-order valence-electron chi connectivity index (χ3n) is 3.14. The molecule has 0 aromatic rings. The molecular formula is C12H26N2. The molecule has 1 unspecified atom stereocenters. The van der Waals surface area contributed by atoms with E-state index >= 15 is 0 Å². The minimum Gasteiger partial charge on any atom is -0.314 e. The van der Waals surface area contributed by atoms with E-state index in [1.54, 1.807) is 0 Å². The average molecular weight is 198 g/mol. The normalized spacial score (nSPS) is 29.1. The Labute approximate surface area is 89.1 Å². The van der Waals surface area contributed by atoms with Crippen molar-refractivity contribution in [3.63, 3.8) is 0 Å². The predicted octanol–water partition coefficient (Wildman–Crippen LogP) is 2.25. The highest BCUT2D eigenvalue weighted by atomic mass is 15.1. The summed E-state index contributed by atoms with van der Waals surface area (Å²) in [5.41, 5.74) is 0. The second-order valence-electron chi connectivity index (χ2n) is 4.71. The van der Waals surface area contributed by atoms with Gasteiger partial charge in [-0.3, -0.25) is 0 Å². The van der Waals surface area contributed by atoms with Gasteiger partial charge in [-0.05, 0) is 59.3 Å². The highest BCUT2D eigenvalue weighted by Crippen LogP contribution is 2.05. The summed E-state index contributed by atoms with van der Waals surface area (Å²) in [5.74, 6) is 0. The fraction of sp³-hybridized carbons (Fsp3) is 1.00. The number of hydrogen-bond donors (Lipinski definition) is 1. The molecule has 2 heteroatoms. The summed E-state index contributed by atoms with van der Waals surface area (Å²) in [4.78, 5) is 2.39. The van der Waals surface area contributed by atoms with Crippen LogP contribution in [-0.2, 0) is 0 Å². The van der Waals surface area contributed by atoms with Crippen molar-refractivity contribution in [3.8, 4) is 0 Å². The zero-order valence-electron chi connectivity index (χ0n) is 9.89. The summed E-state index contributed by atoms with van der Waals surface area (Å²) in [7, 11) is 2.19. The van der Waals surface area contributed by atoms with Gasteiger partial charge in [-0.25, -0.2) is 0 Å². The number of nitrogens with zero attached hydrogens (tertiary/aromatic N) is 1. The molecule has 2 fully saturated rings. The van der Waals surface area contributed by atoms with E-state index in [1.165, 1.54) is 58.2 Å². The Morgan fingerprint density at radius 1 is 1.00 bits per heavy atom. The van der Waals surface area contributed by atoms with Crippen LogP contribution < -0.4 is 5.32 Å². The van der Waals surface area contributed by atoms with Gasteiger partial charge in [-0.1, -0.05) is 12.8 Å². The molecule has 14 heavy (non-hydrogen) atoms. The SMILES string of the molecule is CC1CCCCN1.CN1CCCCC1. The predicted molar refractivity (Wildman–Crippen MR) is 62.7 cm³/mol. The Morgan fingerprint density at radius 2 is 1.71 bits per heavy atom. The van der Waals surface area contributed by atoms with Crippen LogP contribution in [0, 0.1) is 0 Å². The van der Waals surface area contributed by atoms with Crippen molar-refractivity contribution in [2.75, 3.05) is 26.7 Å². The van der Waals surface area contributed by atoms with Gasteiger partial charge >= 0.3 is 0 Å². The van der Waals surface area contributed by atoms with Crippen LogP contribution in [-0.4, -0.2) is 37.6 Å². The Bertz CT molecular complexity index is 108. The quantitative estimate of drug-likeness (QED) is 0.642. The second-order valence-corrected chi connectivity index (χ2v) is 4.71. The molecule has 0 bridgehead atoms. The number of hydrogen-bond acceptors (Lipinski definition) is 2. The average Bonchev–Trinajstić information content (AvgIpc) is 2.21. The maximum absolute atomic E-state index is 3.38. The van der Waals surface area contributed by atoms with Gasteiger partial charge in [0.1, 0.15) is 0 Å². The van der Waals surface area contributed by atoms with Crippen LogP contribution in [0.5, 0.6) is 0 Å². The molecule has 0 aromatic carbocycles. The molecule has 0 aliphatic carbocycles. The zero-order valence-corrected chi connectivity index (χ0v) is 9.89. The molecule has 0 amide bonds. The summed E-state index contributed by atoms with van der Waals surface area (Å²) in [6.45, 7) is 6.13. The van der Waals surface area contributed by atoms with E-state index in [0.717, 1.165) is 6.04 Å². The lowest BCUT2D eigenvalue weighted by atomic mass is 10.1. The molecule has 2 nitrogen and oxygen atoms in total. The topological polar surface area (TPSA) is 15.3 Å². The van der Waals surface area contributed by atoms with Crippen LogP contribution in [0.25, 0.3) is 0 Å². The minimum absolute atomic E-state index is 0.786. The maximum Gasteiger partial charge on any atom is 0.00387 e. The lowest BCUT2D eigenvalue weighted by Gasteiger charge is -2.20. The molecule has 0 aromatic heterocycles. The van der Waals surface area contributed by atoms with Crippen LogP contribution in [0.15, 0.2) is 0 Å². The first kappa shape index (κ1) is 12.0. The van der Waals surface area contributed by atoms with Gasteiger partial charge in [0.05, 0.1) is 0 Å². The van der Waals surface area contributed by atoms with Crippen molar-refractivity contribution in [1.29, 1.82) is 0 Å². The van der Waals surface area contributed by atoms with Crippen molar-refractivity contribution < 1.29 is 0 Å². The number of likely N-dealkylation sites (tertiary alicyclic amines) is 1. The molecule has 1 N–H and O–H groups in total. The Kier molecular flexibility index (Phi) is 6.20. The minimum atomic E-state index is 0.786. The first-order valence-corrected chi connectivity index (χ1v) is 6.21. The van der Waals surface area contributed by atoms with Gasteiger partial charge in [-0.15, -0.1) is 0 Å². The summed E-state index contributed by atoms with van der Waals surface area (Å²) in [5, 5.41) is 3.38. The van der Waals surface area contributed by atoms with E-state index in [2.05, 4.69) is 24.2 Å². The summed E-state index contributed by atoms with van der Waals surface area (Å²) in [6.07, 6.45) is 8.45. The molecule has 2 rings (SSSR count). The molecule has 0 saturated carbocycles. The van der Waals surface area contributed by atoms with Gasteiger partial charge in [-0.2, -0.15) is 0 Å². The standard InChI is InChI=1S/2C6H13N/c1-7-5-3-2-4-6-7;1-6-4-2-3-5-7-6/h2-6H2,1H3;6-7H,2-5H2,1H3.